The molecule has 1 aromatic heterocycles. The van der Waals surface area contributed by atoms with Crippen LogP contribution < -0.4 is 10.6 Å². The van der Waals surface area contributed by atoms with E-state index in [0.29, 0.717) is 0 Å². The van der Waals surface area contributed by atoms with E-state index in [-0.39, 0.29) is 0 Å². The number of ether oxygens (including phenoxy) is 1. The van der Waals surface area contributed by atoms with Crippen molar-refractivity contribution in [2.45, 2.75) is 19.4 Å². The number of aromatic nitrogens is 1. The lowest BCUT2D eigenvalue weighted by atomic mass is 10.1. The minimum Gasteiger partial charge on any atom is -0.377 e. The summed E-state index contributed by atoms with van der Waals surface area (Å²) in [6.07, 6.45) is 8.43. The highest BCUT2D eigenvalue weighted by Crippen LogP contribution is 2.10. The summed E-state index contributed by atoms with van der Waals surface area (Å²) in [4.78, 5) is 4.23. The molecule has 5 heteroatoms. The number of hydrogen-bond donors (Lipinski definition) is 2. The van der Waals surface area contributed by atoms with E-state index >= 15 is 0 Å². The average molecular weight is 276 g/mol. The van der Waals surface area contributed by atoms with Crippen molar-refractivity contribution in [2.75, 3.05) is 33.4 Å². The third-order valence-electron chi connectivity index (χ3n) is 3.35. The molecule has 2 N–H and O–H groups in total. The van der Waals surface area contributed by atoms with Crippen LogP contribution in [0.4, 0.5) is 0 Å². The summed E-state index contributed by atoms with van der Waals surface area (Å²) in [7, 11) is 1.80. The standard InChI is InChI=1S/C15H24N4O/c1-16-15(18-8-11-19-9-2-3-10-19)17-7-4-14-5-12-20-13-6-14/h2-3,5,9-10H,4,6-8,11-13H2,1H3,(H2,16,17,18). The Hall–Kier alpha value is -1.75. The summed E-state index contributed by atoms with van der Waals surface area (Å²) < 4.78 is 7.45. The van der Waals surface area contributed by atoms with Crippen LogP contribution >= 0.6 is 0 Å². The van der Waals surface area contributed by atoms with E-state index < -0.39 is 0 Å². The monoisotopic (exact) mass is 276 g/mol. The Morgan fingerprint density at radius 2 is 2.10 bits per heavy atom. The van der Waals surface area contributed by atoms with Crippen molar-refractivity contribution in [3.63, 3.8) is 0 Å². The van der Waals surface area contributed by atoms with Gasteiger partial charge in [-0.3, -0.25) is 4.99 Å². The molecule has 110 valence electrons. The third-order valence-corrected chi connectivity index (χ3v) is 3.35. The van der Waals surface area contributed by atoms with Crippen molar-refractivity contribution in [3.05, 3.63) is 36.2 Å². The molecule has 0 saturated carbocycles. The highest BCUT2D eigenvalue weighted by atomic mass is 16.5. The highest BCUT2D eigenvalue weighted by Gasteiger charge is 2.04. The number of rotatable bonds is 6. The van der Waals surface area contributed by atoms with Crippen molar-refractivity contribution in [1.29, 1.82) is 0 Å². The molecule has 0 aromatic carbocycles. The molecule has 0 atom stereocenters. The van der Waals surface area contributed by atoms with E-state index in [9.17, 15) is 0 Å². The molecule has 0 radical (unpaired) electrons. The van der Waals surface area contributed by atoms with E-state index in [1.54, 1.807) is 7.05 Å². The summed E-state index contributed by atoms with van der Waals surface area (Å²) in [5.74, 6) is 0.866. The lowest BCUT2D eigenvalue weighted by molar-refractivity contribution is 0.153. The smallest absolute Gasteiger partial charge is 0.191 e. The first kappa shape index (κ1) is 14.7. The molecule has 0 amide bonds. The Labute approximate surface area is 120 Å². The molecule has 0 aliphatic carbocycles. The van der Waals surface area contributed by atoms with Gasteiger partial charge < -0.3 is 19.9 Å². The first-order valence-electron chi connectivity index (χ1n) is 7.19. The summed E-state index contributed by atoms with van der Waals surface area (Å²) in [6.45, 7) is 4.34. The van der Waals surface area contributed by atoms with Crippen LogP contribution in [0.5, 0.6) is 0 Å². The van der Waals surface area contributed by atoms with E-state index in [2.05, 4.69) is 38.7 Å². The third kappa shape index (κ3) is 5.09. The molecule has 0 bridgehead atoms. The zero-order valence-corrected chi connectivity index (χ0v) is 12.1. The number of guanidine groups is 1. The van der Waals surface area contributed by atoms with Crippen LogP contribution in [0.25, 0.3) is 0 Å². The second-order valence-electron chi connectivity index (χ2n) is 4.78. The molecule has 0 fully saturated rings. The summed E-state index contributed by atoms with van der Waals surface area (Å²) in [5.41, 5.74) is 1.48. The fraction of sp³-hybridized carbons (Fsp3) is 0.533. The van der Waals surface area contributed by atoms with Gasteiger partial charge in [0.1, 0.15) is 0 Å². The van der Waals surface area contributed by atoms with Crippen LogP contribution in [-0.4, -0.2) is 43.9 Å². The fourth-order valence-electron chi connectivity index (χ4n) is 2.18. The van der Waals surface area contributed by atoms with Crippen molar-refractivity contribution in [2.24, 2.45) is 4.99 Å². The van der Waals surface area contributed by atoms with Gasteiger partial charge in [0.15, 0.2) is 5.96 Å². The van der Waals surface area contributed by atoms with Crippen molar-refractivity contribution >= 4 is 5.96 Å². The van der Waals surface area contributed by atoms with Crippen LogP contribution in [0, 0.1) is 0 Å². The summed E-state index contributed by atoms with van der Waals surface area (Å²) in [5, 5.41) is 6.66. The number of nitrogens with one attached hydrogen (secondary N) is 2. The maximum absolute atomic E-state index is 5.30. The summed E-state index contributed by atoms with van der Waals surface area (Å²) in [6, 6.07) is 4.07. The van der Waals surface area contributed by atoms with E-state index in [4.69, 9.17) is 4.74 Å². The lowest BCUT2D eigenvalue weighted by Gasteiger charge is -2.15. The van der Waals surface area contributed by atoms with Gasteiger partial charge in [0.2, 0.25) is 0 Å². The Kier molecular flexibility index (Phi) is 6.17. The Bertz CT molecular complexity index is 437. The molecule has 0 spiro atoms. The molecule has 1 aromatic rings. The molecule has 2 rings (SSSR count). The van der Waals surface area contributed by atoms with Gasteiger partial charge in [0.05, 0.1) is 13.2 Å². The number of hydrogen-bond acceptors (Lipinski definition) is 2. The predicted molar refractivity (Wildman–Crippen MR) is 81.9 cm³/mol. The average Bonchev–Trinajstić information content (AvgIpc) is 3.00. The van der Waals surface area contributed by atoms with Crippen LogP contribution in [0.3, 0.4) is 0 Å². The molecule has 5 nitrogen and oxygen atoms in total. The Morgan fingerprint density at radius 3 is 2.80 bits per heavy atom. The van der Waals surface area contributed by atoms with Gasteiger partial charge in [-0.25, -0.2) is 0 Å². The first-order chi connectivity index (χ1) is 9.88. The molecule has 1 aliphatic rings. The molecule has 1 aliphatic heterocycles. The van der Waals surface area contributed by atoms with Crippen LogP contribution in [-0.2, 0) is 11.3 Å². The molecule has 20 heavy (non-hydrogen) atoms. The van der Waals surface area contributed by atoms with Crippen LogP contribution in [0.1, 0.15) is 12.8 Å². The van der Waals surface area contributed by atoms with E-state index in [1.807, 2.05) is 12.1 Å². The highest BCUT2D eigenvalue weighted by molar-refractivity contribution is 5.79. The van der Waals surface area contributed by atoms with Crippen molar-refractivity contribution in [3.8, 4) is 0 Å². The largest absolute Gasteiger partial charge is 0.377 e. The number of aliphatic imine (C=N–C) groups is 1. The van der Waals surface area contributed by atoms with Crippen LogP contribution in [0.15, 0.2) is 41.2 Å². The zero-order valence-electron chi connectivity index (χ0n) is 12.1. The first-order valence-corrected chi connectivity index (χ1v) is 7.19. The van der Waals surface area contributed by atoms with Gasteiger partial charge >= 0.3 is 0 Å². The molecule has 0 saturated heterocycles. The van der Waals surface area contributed by atoms with Crippen molar-refractivity contribution < 1.29 is 4.74 Å². The van der Waals surface area contributed by atoms with Gasteiger partial charge in [-0.2, -0.15) is 0 Å². The van der Waals surface area contributed by atoms with Gasteiger partial charge in [-0.15, -0.1) is 0 Å². The van der Waals surface area contributed by atoms with Gasteiger partial charge in [-0.05, 0) is 25.0 Å². The molecule has 0 unspecified atom stereocenters. The minimum absolute atomic E-state index is 0.763. The topological polar surface area (TPSA) is 50.6 Å². The molecular weight excluding hydrogens is 252 g/mol. The Balaban J connectivity index is 1.61. The summed E-state index contributed by atoms with van der Waals surface area (Å²) >= 11 is 0. The SMILES string of the molecule is CN=C(NCCC1=CCOCC1)NCCn1cccc1. The molecular formula is C15H24N4O. The second-order valence-corrected chi connectivity index (χ2v) is 4.78. The van der Waals surface area contributed by atoms with E-state index in [1.165, 1.54) is 5.57 Å². The maximum atomic E-state index is 5.30. The zero-order chi connectivity index (χ0) is 14.0. The van der Waals surface area contributed by atoms with Gasteiger partial charge in [0, 0.05) is 39.1 Å². The minimum atomic E-state index is 0.763. The maximum Gasteiger partial charge on any atom is 0.191 e. The van der Waals surface area contributed by atoms with Gasteiger partial charge in [-0.1, -0.05) is 11.6 Å². The van der Waals surface area contributed by atoms with Gasteiger partial charge in [0.25, 0.3) is 0 Å². The fourth-order valence-corrected chi connectivity index (χ4v) is 2.18. The van der Waals surface area contributed by atoms with E-state index in [0.717, 1.165) is 51.6 Å². The Morgan fingerprint density at radius 1 is 1.30 bits per heavy atom. The van der Waals surface area contributed by atoms with Crippen molar-refractivity contribution in [1.82, 2.24) is 15.2 Å². The quantitative estimate of drug-likeness (QED) is 0.469. The normalized spacial score (nSPS) is 15.8. The lowest BCUT2D eigenvalue weighted by Crippen LogP contribution is -2.39. The predicted octanol–water partition coefficient (Wildman–Crippen LogP) is 1.39. The number of nitrogens with zero attached hydrogens (tertiary/aromatic N) is 2. The van der Waals surface area contributed by atoms with Crippen LogP contribution in [0.2, 0.25) is 0 Å². The second kappa shape index (κ2) is 8.43. The molecule has 2 heterocycles.